The van der Waals surface area contributed by atoms with Crippen LogP contribution in [-0.4, -0.2) is 46.3 Å². The Bertz CT molecular complexity index is 824. The molecule has 1 aromatic carbocycles. The van der Waals surface area contributed by atoms with Gasteiger partial charge in [0.1, 0.15) is 0 Å². The van der Waals surface area contributed by atoms with E-state index in [1.807, 2.05) is 13.8 Å². The van der Waals surface area contributed by atoms with Crippen molar-refractivity contribution in [1.29, 1.82) is 0 Å². The van der Waals surface area contributed by atoms with E-state index in [0.29, 0.717) is 13.2 Å². The van der Waals surface area contributed by atoms with Crippen molar-refractivity contribution in [1.82, 2.24) is 14.5 Å². The van der Waals surface area contributed by atoms with Crippen LogP contribution in [0.2, 0.25) is 0 Å². The molecule has 0 bridgehead atoms. The van der Waals surface area contributed by atoms with Gasteiger partial charge >= 0.3 is 6.18 Å². The zero-order chi connectivity index (χ0) is 18.2. The van der Waals surface area contributed by atoms with Crippen molar-refractivity contribution in [3.05, 3.63) is 40.4 Å². The maximum atomic E-state index is 13.3. The van der Waals surface area contributed by atoms with Gasteiger partial charge in [0.25, 0.3) is 5.56 Å². The van der Waals surface area contributed by atoms with Crippen LogP contribution in [0, 0.1) is 0 Å². The van der Waals surface area contributed by atoms with E-state index in [1.165, 1.54) is 23.0 Å². The van der Waals surface area contributed by atoms with E-state index in [4.69, 9.17) is 4.74 Å². The van der Waals surface area contributed by atoms with Gasteiger partial charge in [0, 0.05) is 25.2 Å². The van der Waals surface area contributed by atoms with E-state index in [-0.39, 0.29) is 17.4 Å². The highest BCUT2D eigenvalue weighted by atomic mass is 19.4. The van der Waals surface area contributed by atoms with Gasteiger partial charge in [-0.05, 0) is 26.0 Å². The van der Waals surface area contributed by atoms with Crippen LogP contribution in [0.5, 0.6) is 0 Å². The monoisotopic (exact) mass is 355 g/mol. The zero-order valence-corrected chi connectivity index (χ0v) is 14.1. The zero-order valence-electron chi connectivity index (χ0n) is 14.1. The highest BCUT2D eigenvalue weighted by molar-refractivity contribution is 5.81. The fraction of sp³-hybridized carbons (Fsp3) is 0.529. The van der Waals surface area contributed by atoms with E-state index in [2.05, 4.69) is 9.88 Å². The highest BCUT2D eigenvalue weighted by Gasteiger charge is 2.35. The molecule has 1 aliphatic heterocycles. The maximum absolute atomic E-state index is 13.3. The Kier molecular flexibility index (Phi) is 4.59. The lowest BCUT2D eigenvalue weighted by atomic mass is 10.0. The molecule has 0 radical (unpaired) electrons. The Hall–Kier alpha value is -1.93. The fourth-order valence-electron chi connectivity index (χ4n) is 3.23. The van der Waals surface area contributed by atoms with Gasteiger partial charge in [0.2, 0.25) is 0 Å². The smallest absolute Gasteiger partial charge is 0.379 e. The summed E-state index contributed by atoms with van der Waals surface area (Å²) in [5, 5.41) is -0.379. The Balaban J connectivity index is 2.03. The number of benzene rings is 1. The second-order valence-corrected chi connectivity index (χ2v) is 6.79. The first kappa shape index (κ1) is 17.9. The van der Waals surface area contributed by atoms with Gasteiger partial charge < -0.3 is 4.74 Å². The SMILES string of the molecule is CC(C)(Cn1cnc2cccc(C(F)(F)F)c2c1=O)N1CCOCC1. The molecule has 1 aromatic heterocycles. The molecule has 0 saturated carbocycles. The molecule has 0 aliphatic carbocycles. The summed E-state index contributed by atoms with van der Waals surface area (Å²) in [4.78, 5) is 19.0. The average molecular weight is 355 g/mol. The number of aromatic nitrogens is 2. The first-order valence-corrected chi connectivity index (χ1v) is 8.08. The topological polar surface area (TPSA) is 47.4 Å². The Morgan fingerprint density at radius 2 is 1.88 bits per heavy atom. The summed E-state index contributed by atoms with van der Waals surface area (Å²) in [7, 11) is 0. The molecule has 25 heavy (non-hydrogen) atoms. The number of morpholine rings is 1. The van der Waals surface area contributed by atoms with Gasteiger partial charge in [0.05, 0.1) is 36.0 Å². The molecule has 0 amide bonds. The van der Waals surface area contributed by atoms with Crippen molar-refractivity contribution in [2.24, 2.45) is 0 Å². The minimum atomic E-state index is -4.60. The Morgan fingerprint density at radius 3 is 2.52 bits per heavy atom. The maximum Gasteiger partial charge on any atom is 0.417 e. The normalized spacial score (nSPS) is 17.2. The second-order valence-electron chi connectivity index (χ2n) is 6.79. The molecule has 1 fully saturated rings. The molecule has 0 unspecified atom stereocenters. The number of halogens is 3. The number of hydrogen-bond acceptors (Lipinski definition) is 4. The van der Waals surface area contributed by atoms with E-state index in [9.17, 15) is 18.0 Å². The molecule has 5 nitrogen and oxygen atoms in total. The lowest BCUT2D eigenvalue weighted by Crippen LogP contribution is -2.53. The Labute approximate surface area is 143 Å². The molecular weight excluding hydrogens is 335 g/mol. The molecule has 0 atom stereocenters. The van der Waals surface area contributed by atoms with Crippen LogP contribution in [0.1, 0.15) is 19.4 Å². The van der Waals surface area contributed by atoms with Gasteiger partial charge in [-0.3, -0.25) is 14.3 Å². The second kappa shape index (κ2) is 6.42. The van der Waals surface area contributed by atoms with E-state index >= 15 is 0 Å². The lowest BCUT2D eigenvalue weighted by Gasteiger charge is -2.41. The predicted molar refractivity (Wildman–Crippen MR) is 87.5 cm³/mol. The highest BCUT2D eigenvalue weighted by Crippen LogP contribution is 2.32. The van der Waals surface area contributed by atoms with Gasteiger partial charge in [-0.15, -0.1) is 0 Å². The first-order valence-electron chi connectivity index (χ1n) is 8.08. The molecule has 2 heterocycles. The molecule has 0 spiro atoms. The van der Waals surface area contributed by atoms with Crippen LogP contribution in [0.3, 0.4) is 0 Å². The van der Waals surface area contributed by atoms with Crippen LogP contribution >= 0.6 is 0 Å². The van der Waals surface area contributed by atoms with Crippen molar-refractivity contribution in [2.45, 2.75) is 32.1 Å². The molecule has 8 heteroatoms. The standard InChI is InChI=1S/C17H20F3N3O2/c1-16(2,23-6-8-25-9-7-23)10-22-11-21-13-5-3-4-12(17(18,19)20)14(13)15(22)24/h3-5,11H,6-10H2,1-2H3. The molecule has 0 N–H and O–H groups in total. The van der Waals surface area contributed by atoms with Crippen molar-refractivity contribution in [3.63, 3.8) is 0 Å². The molecule has 3 rings (SSSR count). The third kappa shape index (κ3) is 3.55. The minimum absolute atomic E-state index is 0.0558. The third-order valence-corrected chi connectivity index (χ3v) is 4.58. The molecular formula is C17H20F3N3O2. The van der Waals surface area contributed by atoms with Crippen LogP contribution in [0.4, 0.5) is 13.2 Å². The summed E-state index contributed by atoms with van der Waals surface area (Å²) in [6.07, 6.45) is -3.27. The third-order valence-electron chi connectivity index (χ3n) is 4.58. The number of rotatable bonds is 3. The van der Waals surface area contributed by atoms with Crippen LogP contribution in [-0.2, 0) is 17.5 Å². The van der Waals surface area contributed by atoms with Gasteiger partial charge in [-0.1, -0.05) is 6.07 Å². The summed E-state index contributed by atoms with van der Waals surface area (Å²) in [6.45, 7) is 6.82. The van der Waals surface area contributed by atoms with Crippen LogP contribution in [0.25, 0.3) is 10.9 Å². The fourth-order valence-corrected chi connectivity index (χ4v) is 3.23. The summed E-state index contributed by atoms with van der Waals surface area (Å²) in [5.74, 6) is 0. The van der Waals surface area contributed by atoms with Gasteiger partial charge in [-0.2, -0.15) is 13.2 Å². The molecule has 1 saturated heterocycles. The first-order chi connectivity index (χ1) is 11.7. The summed E-state index contributed by atoms with van der Waals surface area (Å²) in [5.41, 5.74) is -1.96. The quantitative estimate of drug-likeness (QED) is 0.849. The van der Waals surface area contributed by atoms with Crippen molar-refractivity contribution in [2.75, 3.05) is 26.3 Å². The van der Waals surface area contributed by atoms with Crippen molar-refractivity contribution < 1.29 is 17.9 Å². The van der Waals surface area contributed by atoms with Gasteiger partial charge in [-0.25, -0.2) is 4.98 Å². The summed E-state index contributed by atoms with van der Waals surface area (Å²) < 4.78 is 46.4. The Morgan fingerprint density at radius 1 is 1.20 bits per heavy atom. The number of ether oxygens (including phenoxy) is 1. The molecule has 136 valence electrons. The van der Waals surface area contributed by atoms with Crippen molar-refractivity contribution in [3.8, 4) is 0 Å². The number of nitrogens with zero attached hydrogens (tertiary/aromatic N) is 3. The molecule has 1 aliphatic rings. The number of hydrogen-bond donors (Lipinski definition) is 0. The number of fused-ring (bicyclic) bond motifs is 1. The van der Waals surface area contributed by atoms with Crippen molar-refractivity contribution >= 4 is 10.9 Å². The minimum Gasteiger partial charge on any atom is -0.379 e. The summed E-state index contributed by atoms with van der Waals surface area (Å²) >= 11 is 0. The van der Waals surface area contributed by atoms with E-state index < -0.39 is 22.8 Å². The van der Waals surface area contributed by atoms with Crippen LogP contribution in [0.15, 0.2) is 29.3 Å². The van der Waals surface area contributed by atoms with Gasteiger partial charge in [0.15, 0.2) is 0 Å². The number of alkyl halides is 3. The predicted octanol–water partition coefficient (Wildman–Crippen LogP) is 2.53. The molecule has 2 aromatic rings. The van der Waals surface area contributed by atoms with E-state index in [1.54, 1.807) is 0 Å². The lowest BCUT2D eigenvalue weighted by molar-refractivity contribution is -0.136. The van der Waals surface area contributed by atoms with E-state index in [0.717, 1.165) is 19.2 Å². The largest absolute Gasteiger partial charge is 0.417 e. The summed E-state index contributed by atoms with van der Waals surface area (Å²) in [6, 6.07) is 3.60. The average Bonchev–Trinajstić information content (AvgIpc) is 2.57. The van der Waals surface area contributed by atoms with Crippen LogP contribution < -0.4 is 5.56 Å².